The van der Waals surface area contributed by atoms with Crippen molar-refractivity contribution in [3.05, 3.63) is 59.3 Å². The number of alkyl halides is 2. The van der Waals surface area contributed by atoms with Crippen molar-refractivity contribution < 1.29 is 13.2 Å². The van der Waals surface area contributed by atoms with Crippen molar-refractivity contribution in [2.24, 2.45) is 0 Å². The Morgan fingerprint density at radius 3 is 2.54 bits per heavy atom. The fraction of sp³-hybridized carbons (Fsp3) is 0.235. The van der Waals surface area contributed by atoms with E-state index in [1.807, 2.05) is 0 Å². The average molecular weight is 332 g/mol. The number of fused-ring (bicyclic) bond motifs is 1. The smallest absolute Gasteiger partial charge is 0.266 e. The normalized spacial score (nSPS) is 12.6. The van der Waals surface area contributed by atoms with Gasteiger partial charge in [-0.3, -0.25) is 0 Å². The van der Waals surface area contributed by atoms with E-state index in [-0.39, 0.29) is 5.56 Å². The Hall–Kier alpha value is -2.70. The van der Waals surface area contributed by atoms with Crippen LogP contribution >= 0.6 is 0 Å². The standard InChI is InChI=1S/C17H15F3N4/c1-9(11-5-3-6-12(14(11)18)15(19)20)22-17-13-7-4-8-21-16(13)23-10(2)24-17/h3-9,15H,1-2H3,(H,21,22,23,24). The molecule has 24 heavy (non-hydrogen) atoms. The first kappa shape index (κ1) is 16.2. The molecule has 3 aromatic rings. The van der Waals surface area contributed by atoms with E-state index in [1.54, 1.807) is 32.2 Å². The molecule has 0 radical (unpaired) electrons. The highest BCUT2D eigenvalue weighted by molar-refractivity contribution is 5.86. The number of anilines is 1. The van der Waals surface area contributed by atoms with Crippen LogP contribution in [0.15, 0.2) is 36.5 Å². The van der Waals surface area contributed by atoms with Crippen LogP contribution in [-0.2, 0) is 0 Å². The van der Waals surface area contributed by atoms with Crippen LogP contribution in [0.2, 0.25) is 0 Å². The molecule has 0 bridgehead atoms. The largest absolute Gasteiger partial charge is 0.363 e. The number of aromatic nitrogens is 3. The molecule has 0 aliphatic rings. The van der Waals surface area contributed by atoms with E-state index in [1.165, 1.54) is 12.1 Å². The summed E-state index contributed by atoms with van der Waals surface area (Å²) in [7, 11) is 0. The van der Waals surface area contributed by atoms with Crippen molar-refractivity contribution in [3.8, 4) is 0 Å². The van der Waals surface area contributed by atoms with Gasteiger partial charge in [-0.25, -0.2) is 28.1 Å². The molecular formula is C17H15F3N4. The second kappa shape index (κ2) is 6.43. The predicted molar refractivity (Wildman–Crippen MR) is 85.5 cm³/mol. The van der Waals surface area contributed by atoms with Gasteiger partial charge in [0, 0.05) is 11.8 Å². The summed E-state index contributed by atoms with van der Waals surface area (Å²) in [6, 6.07) is 6.97. The number of halogens is 3. The number of aryl methyl sites for hydroxylation is 1. The Balaban J connectivity index is 1.99. The number of pyridine rings is 1. The first-order chi connectivity index (χ1) is 11.5. The van der Waals surface area contributed by atoms with Gasteiger partial charge in [-0.1, -0.05) is 18.2 Å². The molecule has 0 fully saturated rings. The lowest BCUT2D eigenvalue weighted by Crippen LogP contribution is -2.12. The molecule has 1 aromatic carbocycles. The van der Waals surface area contributed by atoms with Crippen LogP contribution < -0.4 is 5.32 Å². The van der Waals surface area contributed by atoms with E-state index in [0.29, 0.717) is 22.7 Å². The summed E-state index contributed by atoms with van der Waals surface area (Å²) in [6.45, 7) is 3.41. The number of nitrogens with one attached hydrogen (secondary N) is 1. The highest BCUT2D eigenvalue weighted by Gasteiger charge is 2.20. The molecule has 1 atom stereocenters. The van der Waals surface area contributed by atoms with Crippen LogP contribution in [-0.4, -0.2) is 15.0 Å². The first-order valence-electron chi connectivity index (χ1n) is 7.39. The van der Waals surface area contributed by atoms with Crippen molar-refractivity contribution in [2.75, 3.05) is 5.32 Å². The lowest BCUT2D eigenvalue weighted by atomic mass is 10.0. The zero-order valence-corrected chi connectivity index (χ0v) is 13.1. The molecule has 0 aliphatic heterocycles. The zero-order chi connectivity index (χ0) is 17.3. The molecular weight excluding hydrogens is 317 g/mol. The van der Waals surface area contributed by atoms with E-state index < -0.39 is 23.8 Å². The number of hydrogen-bond acceptors (Lipinski definition) is 4. The van der Waals surface area contributed by atoms with Gasteiger partial charge in [0.15, 0.2) is 5.65 Å². The fourth-order valence-electron chi connectivity index (χ4n) is 2.54. The Morgan fingerprint density at radius 1 is 1.04 bits per heavy atom. The van der Waals surface area contributed by atoms with Gasteiger partial charge in [0.05, 0.1) is 17.0 Å². The Kier molecular flexibility index (Phi) is 4.33. The van der Waals surface area contributed by atoms with Gasteiger partial charge in [-0.15, -0.1) is 0 Å². The lowest BCUT2D eigenvalue weighted by molar-refractivity contribution is 0.146. The minimum absolute atomic E-state index is 0.154. The maximum atomic E-state index is 14.3. The summed E-state index contributed by atoms with van der Waals surface area (Å²) in [4.78, 5) is 12.7. The first-order valence-corrected chi connectivity index (χ1v) is 7.39. The number of nitrogens with zero attached hydrogens (tertiary/aromatic N) is 3. The van der Waals surface area contributed by atoms with Crippen LogP contribution in [0.1, 0.15) is 36.3 Å². The molecule has 0 aliphatic carbocycles. The summed E-state index contributed by atoms with van der Waals surface area (Å²) < 4.78 is 40.0. The summed E-state index contributed by atoms with van der Waals surface area (Å²) >= 11 is 0. The average Bonchev–Trinajstić information content (AvgIpc) is 2.54. The Bertz CT molecular complexity index is 883. The van der Waals surface area contributed by atoms with Crippen LogP contribution in [0, 0.1) is 12.7 Å². The van der Waals surface area contributed by atoms with Crippen molar-refractivity contribution in [1.29, 1.82) is 0 Å². The highest BCUT2D eigenvalue weighted by Crippen LogP contribution is 2.29. The van der Waals surface area contributed by atoms with Gasteiger partial charge in [0.25, 0.3) is 6.43 Å². The van der Waals surface area contributed by atoms with E-state index in [2.05, 4.69) is 20.3 Å². The van der Waals surface area contributed by atoms with Crippen LogP contribution in [0.3, 0.4) is 0 Å². The molecule has 4 nitrogen and oxygen atoms in total. The molecule has 124 valence electrons. The second-order valence-electron chi connectivity index (χ2n) is 5.41. The van der Waals surface area contributed by atoms with E-state index in [0.717, 1.165) is 6.07 Å². The molecule has 0 saturated carbocycles. The molecule has 7 heteroatoms. The Labute approximate surface area is 136 Å². The minimum atomic E-state index is -2.86. The van der Waals surface area contributed by atoms with Crippen molar-refractivity contribution in [2.45, 2.75) is 26.3 Å². The van der Waals surface area contributed by atoms with Gasteiger partial charge in [-0.2, -0.15) is 0 Å². The number of rotatable bonds is 4. The molecule has 3 rings (SSSR count). The predicted octanol–water partition coefficient (Wildman–Crippen LogP) is 4.58. The minimum Gasteiger partial charge on any atom is -0.363 e. The molecule has 0 amide bonds. The Morgan fingerprint density at radius 2 is 1.79 bits per heavy atom. The zero-order valence-electron chi connectivity index (χ0n) is 13.1. The molecule has 1 N–H and O–H groups in total. The van der Waals surface area contributed by atoms with Crippen molar-refractivity contribution >= 4 is 16.9 Å². The van der Waals surface area contributed by atoms with Gasteiger partial charge >= 0.3 is 0 Å². The lowest BCUT2D eigenvalue weighted by Gasteiger charge is -2.18. The van der Waals surface area contributed by atoms with E-state index in [9.17, 15) is 13.2 Å². The third-order valence-corrected chi connectivity index (χ3v) is 3.70. The third-order valence-electron chi connectivity index (χ3n) is 3.70. The van der Waals surface area contributed by atoms with Gasteiger partial charge in [0.1, 0.15) is 17.5 Å². The van der Waals surface area contributed by atoms with Gasteiger partial charge in [-0.05, 0) is 26.0 Å². The quantitative estimate of drug-likeness (QED) is 0.759. The van der Waals surface area contributed by atoms with Crippen molar-refractivity contribution in [1.82, 2.24) is 15.0 Å². The molecule has 2 aromatic heterocycles. The second-order valence-corrected chi connectivity index (χ2v) is 5.41. The topological polar surface area (TPSA) is 50.7 Å². The van der Waals surface area contributed by atoms with Crippen LogP contribution in [0.5, 0.6) is 0 Å². The van der Waals surface area contributed by atoms with Gasteiger partial charge < -0.3 is 5.32 Å². The number of hydrogen-bond donors (Lipinski definition) is 1. The summed E-state index contributed by atoms with van der Waals surface area (Å²) in [6.07, 6.45) is -1.24. The highest BCUT2D eigenvalue weighted by atomic mass is 19.3. The molecule has 1 unspecified atom stereocenters. The molecule has 0 saturated heterocycles. The monoisotopic (exact) mass is 332 g/mol. The maximum absolute atomic E-state index is 14.3. The van der Waals surface area contributed by atoms with E-state index >= 15 is 0 Å². The molecule has 2 heterocycles. The molecule has 0 spiro atoms. The summed E-state index contributed by atoms with van der Waals surface area (Å²) in [5, 5.41) is 3.75. The van der Waals surface area contributed by atoms with Crippen molar-refractivity contribution in [3.63, 3.8) is 0 Å². The number of benzene rings is 1. The van der Waals surface area contributed by atoms with E-state index in [4.69, 9.17) is 0 Å². The summed E-state index contributed by atoms with van der Waals surface area (Å²) in [5.74, 6) is 0.0957. The fourth-order valence-corrected chi connectivity index (χ4v) is 2.54. The van der Waals surface area contributed by atoms with Gasteiger partial charge in [0.2, 0.25) is 0 Å². The third kappa shape index (κ3) is 3.02. The maximum Gasteiger partial charge on any atom is 0.266 e. The van der Waals surface area contributed by atoms with Crippen LogP contribution in [0.4, 0.5) is 19.0 Å². The SMILES string of the molecule is Cc1nc(NC(C)c2cccc(C(F)F)c2F)c2cccnc2n1. The summed E-state index contributed by atoms with van der Waals surface area (Å²) in [5.41, 5.74) is 0.0640. The van der Waals surface area contributed by atoms with Crippen LogP contribution in [0.25, 0.3) is 11.0 Å².